The van der Waals surface area contributed by atoms with Gasteiger partial charge in [0.05, 0.1) is 10.6 Å². The molecule has 0 saturated carbocycles. The zero-order valence-corrected chi connectivity index (χ0v) is 11.2. The van der Waals surface area contributed by atoms with E-state index in [0.717, 1.165) is 17.5 Å². The summed E-state index contributed by atoms with van der Waals surface area (Å²) in [7, 11) is 1.76. The Morgan fingerprint density at radius 1 is 1.47 bits per heavy atom. The molecule has 0 bridgehead atoms. The van der Waals surface area contributed by atoms with Crippen molar-refractivity contribution in [1.29, 1.82) is 0 Å². The van der Waals surface area contributed by atoms with Crippen molar-refractivity contribution in [3.05, 3.63) is 39.4 Å². The minimum Gasteiger partial charge on any atom is -0.384 e. The molecule has 2 rings (SSSR count). The highest BCUT2D eigenvalue weighted by Gasteiger charge is 2.17. The van der Waals surface area contributed by atoms with Crippen molar-refractivity contribution in [3.8, 4) is 11.3 Å². The quantitative estimate of drug-likeness (QED) is 0.678. The first-order valence-corrected chi connectivity index (χ1v) is 6.02. The highest BCUT2D eigenvalue weighted by atomic mass is 16.6. The Morgan fingerprint density at radius 2 is 2.16 bits per heavy atom. The van der Waals surface area contributed by atoms with Gasteiger partial charge < -0.3 is 5.73 Å². The van der Waals surface area contributed by atoms with Gasteiger partial charge in [0.15, 0.2) is 0 Å². The number of nitrogens with zero attached hydrogens (tertiary/aromatic N) is 3. The normalized spacial score (nSPS) is 10.7. The molecule has 1 aromatic carbocycles. The van der Waals surface area contributed by atoms with Crippen LogP contribution in [-0.2, 0) is 13.5 Å². The van der Waals surface area contributed by atoms with Crippen LogP contribution < -0.4 is 5.73 Å². The minimum absolute atomic E-state index is 0.101. The maximum absolute atomic E-state index is 11.0. The molecule has 0 unspecified atom stereocenters. The van der Waals surface area contributed by atoms with E-state index in [2.05, 4.69) is 5.10 Å². The Hall–Kier alpha value is -2.37. The van der Waals surface area contributed by atoms with Crippen molar-refractivity contribution in [2.24, 2.45) is 7.05 Å². The molecule has 0 radical (unpaired) electrons. The molecule has 0 saturated heterocycles. The van der Waals surface area contributed by atoms with Crippen molar-refractivity contribution in [1.82, 2.24) is 9.78 Å². The summed E-state index contributed by atoms with van der Waals surface area (Å²) in [5, 5.41) is 15.3. The summed E-state index contributed by atoms with van der Waals surface area (Å²) >= 11 is 0. The number of anilines is 1. The Kier molecular flexibility index (Phi) is 3.25. The Bertz CT molecular complexity index is 646. The molecule has 6 nitrogen and oxygen atoms in total. The van der Waals surface area contributed by atoms with Crippen LogP contribution in [0.5, 0.6) is 0 Å². The number of nitro groups is 1. The average Bonchev–Trinajstić information content (AvgIpc) is 2.65. The van der Waals surface area contributed by atoms with Gasteiger partial charge in [0, 0.05) is 29.8 Å². The number of hydrogen-bond acceptors (Lipinski definition) is 4. The summed E-state index contributed by atoms with van der Waals surface area (Å²) < 4.78 is 1.60. The molecule has 19 heavy (non-hydrogen) atoms. The van der Waals surface area contributed by atoms with Crippen LogP contribution in [0.1, 0.15) is 18.1 Å². The fourth-order valence-electron chi connectivity index (χ4n) is 2.11. The van der Waals surface area contributed by atoms with Gasteiger partial charge in [-0.1, -0.05) is 19.1 Å². The van der Waals surface area contributed by atoms with Gasteiger partial charge in [-0.25, -0.2) is 0 Å². The van der Waals surface area contributed by atoms with E-state index in [4.69, 9.17) is 5.73 Å². The van der Waals surface area contributed by atoms with Gasteiger partial charge in [0.1, 0.15) is 5.82 Å². The number of rotatable bonds is 3. The number of nitro benzene ring substituents is 1. The maximum Gasteiger partial charge on any atom is 0.272 e. The Labute approximate surface area is 111 Å². The zero-order valence-electron chi connectivity index (χ0n) is 11.2. The number of benzene rings is 1. The molecule has 1 heterocycles. The van der Waals surface area contributed by atoms with E-state index in [1.807, 2.05) is 13.0 Å². The van der Waals surface area contributed by atoms with Gasteiger partial charge in [0.25, 0.3) is 5.69 Å². The summed E-state index contributed by atoms with van der Waals surface area (Å²) in [5.74, 6) is 0.598. The van der Waals surface area contributed by atoms with E-state index in [-0.39, 0.29) is 10.6 Å². The number of aromatic nitrogens is 2. The minimum atomic E-state index is -0.378. The lowest BCUT2D eigenvalue weighted by Crippen LogP contribution is -1.98. The summed E-state index contributed by atoms with van der Waals surface area (Å²) in [6, 6.07) is 5.12. The van der Waals surface area contributed by atoms with E-state index in [9.17, 15) is 10.1 Å². The standard InChI is InChI=1S/C13H16N4O2/c1-4-10-12(15-16(3)13(10)14)9-6-5-8(2)11(7-9)17(18)19/h5-7H,4,14H2,1-3H3. The summed E-state index contributed by atoms with van der Waals surface area (Å²) in [5.41, 5.74) is 9.04. The molecule has 0 amide bonds. The highest BCUT2D eigenvalue weighted by molar-refractivity contribution is 5.71. The number of hydrogen-bond donors (Lipinski definition) is 1. The predicted molar refractivity (Wildman–Crippen MR) is 73.8 cm³/mol. The first-order valence-electron chi connectivity index (χ1n) is 6.02. The Balaban J connectivity index is 2.63. The van der Waals surface area contributed by atoms with Crippen LogP contribution >= 0.6 is 0 Å². The van der Waals surface area contributed by atoms with E-state index >= 15 is 0 Å². The zero-order chi connectivity index (χ0) is 14.2. The second-order valence-electron chi connectivity index (χ2n) is 4.45. The first kappa shape index (κ1) is 13.1. The lowest BCUT2D eigenvalue weighted by molar-refractivity contribution is -0.385. The molecule has 0 aliphatic carbocycles. The summed E-state index contributed by atoms with van der Waals surface area (Å²) in [4.78, 5) is 10.6. The van der Waals surface area contributed by atoms with Gasteiger partial charge >= 0.3 is 0 Å². The predicted octanol–water partition coefficient (Wildman–Crippen LogP) is 2.45. The summed E-state index contributed by atoms with van der Waals surface area (Å²) in [6.07, 6.45) is 0.733. The maximum atomic E-state index is 11.0. The van der Waals surface area contributed by atoms with Crippen LogP contribution in [0.4, 0.5) is 11.5 Å². The fraction of sp³-hybridized carbons (Fsp3) is 0.308. The monoisotopic (exact) mass is 260 g/mol. The molecular formula is C13H16N4O2. The molecule has 2 aromatic rings. The second-order valence-corrected chi connectivity index (χ2v) is 4.45. The first-order chi connectivity index (χ1) is 8.95. The molecule has 0 atom stereocenters. The van der Waals surface area contributed by atoms with Crippen molar-refractivity contribution in [3.63, 3.8) is 0 Å². The lowest BCUT2D eigenvalue weighted by atomic mass is 10.0. The SMILES string of the molecule is CCc1c(-c2ccc(C)c([N+](=O)[O-])c2)nn(C)c1N. The molecule has 100 valence electrons. The van der Waals surface area contributed by atoms with E-state index in [0.29, 0.717) is 17.1 Å². The Morgan fingerprint density at radius 3 is 2.74 bits per heavy atom. The van der Waals surface area contributed by atoms with Gasteiger partial charge in [-0.05, 0) is 13.3 Å². The van der Waals surface area contributed by atoms with Crippen molar-refractivity contribution in [2.45, 2.75) is 20.3 Å². The molecule has 0 spiro atoms. The molecule has 0 aliphatic rings. The van der Waals surface area contributed by atoms with Crippen molar-refractivity contribution < 1.29 is 4.92 Å². The fourth-order valence-corrected chi connectivity index (χ4v) is 2.11. The van der Waals surface area contributed by atoms with Crippen LogP contribution in [0.3, 0.4) is 0 Å². The molecule has 0 fully saturated rings. The van der Waals surface area contributed by atoms with Crippen LogP contribution in [0.25, 0.3) is 11.3 Å². The average molecular weight is 260 g/mol. The lowest BCUT2D eigenvalue weighted by Gasteiger charge is -2.03. The van der Waals surface area contributed by atoms with Crippen molar-refractivity contribution >= 4 is 11.5 Å². The van der Waals surface area contributed by atoms with Crippen molar-refractivity contribution in [2.75, 3.05) is 5.73 Å². The van der Waals surface area contributed by atoms with Gasteiger partial charge in [-0.15, -0.1) is 0 Å². The second kappa shape index (κ2) is 4.72. The molecule has 1 aromatic heterocycles. The number of nitrogens with two attached hydrogens (primary N) is 1. The summed E-state index contributed by atoms with van der Waals surface area (Å²) in [6.45, 7) is 3.70. The largest absolute Gasteiger partial charge is 0.384 e. The van der Waals surface area contributed by atoms with Crippen LogP contribution in [0.15, 0.2) is 18.2 Å². The highest BCUT2D eigenvalue weighted by Crippen LogP contribution is 2.30. The number of aryl methyl sites for hydroxylation is 2. The van der Waals surface area contributed by atoms with E-state index in [1.165, 1.54) is 0 Å². The smallest absolute Gasteiger partial charge is 0.272 e. The van der Waals surface area contributed by atoms with Gasteiger partial charge in [-0.3, -0.25) is 14.8 Å². The molecule has 6 heteroatoms. The van der Waals surface area contributed by atoms with E-state index in [1.54, 1.807) is 30.8 Å². The molecular weight excluding hydrogens is 244 g/mol. The molecule has 2 N–H and O–H groups in total. The van der Waals surface area contributed by atoms with Gasteiger partial charge in [0.2, 0.25) is 0 Å². The van der Waals surface area contributed by atoms with Crippen LogP contribution in [0.2, 0.25) is 0 Å². The van der Waals surface area contributed by atoms with Gasteiger partial charge in [-0.2, -0.15) is 5.10 Å². The third-order valence-corrected chi connectivity index (χ3v) is 3.23. The number of nitrogen functional groups attached to an aromatic ring is 1. The topological polar surface area (TPSA) is 87.0 Å². The molecule has 0 aliphatic heterocycles. The third-order valence-electron chi connectivity index (χ3n) is 3.23. The van der Waals surface area contributed by atoms with Crippen LogP contribution in [0, 0.1) is 17.0 Å². The van der Waals surface area contributed by atoms with E-state index < -0.39 is 0 Å². The van der Waals surface area contributed by atoms with Crippen LogP contribution in [-0.4, -0.2) is 14.7 Å². The third kappa shape index (κ3) is 2.16.